The van der Waals surface area contributed by atoms with Crippen LogP contribution in [-0.2, 0) is 6.54 Å². The molecule has 0 saturated carbocycles. The molecule has 1 fully saturated rings. The minimum absolute atomic E-state index is 0. The molecule has 1 unspecified atom stereocenters. The van der Waals surface area contributed by atoms with E-state index in [4.69, 9.17) is 0 Å². The first-order valence-corrected chi connectivity index (χ1v) is 7.22. The molecule has 7 heteroatoms. The second-order valence-electron chi connectivity index (χ2n) is 5.42. The number of hydrogen-bond acceptors (Lipinski definition) is 3. The molecule has 0 aromatic heterocycles. The molecular formula is C15H23ClFN3O2. The summed E-state index contributed by atoms with van der Waals surface area (Å²) < 4.78 is 12.8. The molecule has 0 spiro atoms. The highest BCUT2D eigenvalue weighted by molar-refractivity contribution is 5.85. The van der Waals surface area contributed by atoms with E-state index in [0.29, 0.717) is 26.2 Å². The van der Waals surface area contributed by atoms with E-state index in [0.717, 1.165) is 18.7 Å². The summed E-state index contributed by atoms with van der Waals surface area (Å²) in [5.74, 6) is -0.278. The largest absolute Gasteiger partial charge is 0.392 e. The van der Waals surface area contributed by atoms with Crippen LogP contribution in [0.1, 0.15) is 12.5 Å². The lowest BCUT2D eigenvalue weighted by Crippen LogP contribution is -2.52. The Labute approximate surface area is 136 Å². The van der Waals surface area contributed by atoms with Crippen LogP contribution in [-0.4, -0.2) is 59.8 Å². The van der Waals surface area contributed by atoms with E-state index in [9.17, 15) is 14.3 Å². The van der Waals surface area contributed by atoms with E-state index in [-0.39, 0.29) is 30.4 Å². The smallest absolute Gasteiger partial charge is 0.317 e. The number of rotatable bonds is 4. The molecule has 1 heterocycles. The summed E-state index contributed by atoms with van der Waals surface area (Å²) in [6.07, 6.45) is -0.344. The van der Waals surface area contributed by atoms with Crippen molar-refractivity contribution in [2.45, 2.75) is 19.6 Å². The summed E-state index contributed by atoms with van der Waals surface area (Å²) in [7, 11) is 0. The summed E-state index contributed by atoms with van der Waals surface area (Å²) in [4.78, 5) is 16.0. The Morgan fingerprint density at radius 3 is 2.41 bits per heavy atom. The van der Waals surface area contributed by atoms with E-state index >= 15 is 0 Å². The highest BCUT2D eigenvalue weighted by Crippen LogP contribution is 2.05. The lowest BCUT2D eigenvalue weighted by atomic mass is 10.2. The van der Waals surface area contributed by atoms with Gasteiger partial charge in [-0.1, -0.05) is 12.1 Å². The topological polar surface area (TPSA) is 55.8 Å². The molecular weight excluding hydrogens is 309 g/mol. The maximum atomic E-state index is 12.8. The van der Waals surface area contributed by atoms with Crippen LogP contribution < -0.4 is 5.32 Å². The zero-order valence-electron chi connectivity index (χ0n) is 12.7. The molecule has 2 rings (SSSR count). The summed E-state index contributed by atoms with van der Waals surface area (Å²) >= 11 is 0. The predicted molar refractivity (Wildman–Crippen MR) is 85.6 cm³/mol. The maximum absolute atomic E-state index is 12.8. The summed E-state index contributed by atoms with van der Waals surface area (Å²) in [5, 5.41) is 12.2. The number of aliphatic hydroxyl groups is 1. The molecule has 2 N–H and O–H groups in total. The first-order valence-electron chi connectivity index (χ1n) is 7.22. The fraction of sp³-hybridized carbons (Fsp3) is 0.533. The maximum Gasteiger partial charge on any atom is 0.317 e. The van der Waals surface area contributed by atoms with Gasteiger partial charge in [0.05, 0.1) is 6.10 Å². The number of carbonyl (C=O) groups excluding carboxylic acids is 1. The van der Waals surface area contributed by atoms with E-state index in [1.54, 1.807) is 24.0 Å². The Morgan fingerprint density at radius 1 is 1.27 bits per heavy atom. The fourth-order valence-electron chi connectivity index (χ4n) is 2.40. The number of halogens is 2. The number of amides is 2. The van der Waals surface area contributed by atoms with Crippen molar-refractivity contribution in [3.8, 4) is 0 Å². The van der Waals surface area contributed by atoms with E-state index < -0.39 is 0 Å². The summed E-state index contributed by atoms with van der Waals surface area (Å²) in [6, 6.07) is 6.00. The zero-order chi connectivity index (χ0) is 15.2. The van der Waals surface area contributed by atoms with E-state index in [2.05, 4.69) is 10.2 Å². The molecule has 1 aliphatic heterocycles. The van der Waals surface area contributed by atoms with Gasteiger partial charge in [0, 0.05) is 39.3 Å². The third-order valence-corrected chi connectivity index (χ3v) is 3.54. The molecule has 0 radical (unpaired) electrons. The SMILES string of the molecule is CC(O)CN1CCN(C(=O)NCc2ccc(F)cc2)CC1.Cl. The van der Waals surface area contributed by atoms with Crippen molar-refractivity contribution in [2.24, 2.45) is 0 Å². The van der Waals surface area contributed by atoms with Gasteiger partial charge in [-0.25, -0.2) is 9.18 Å². The van der Waals surface area contributed by atoms with Crippen LogP contribution in [0.15, 0.2) is 24.3 Å². The second-order valence-corrected chi connectivity index (χ2v) is 5.42. The summed E-state index contributed by atoms with van der Waals surface area (Å²) in [5.41, 5.74) is 0.873. The van der Waals surface area contributed by atoms with Crippen LogP contribution in [0.2, 0.25) is 0 Å². The van der Waals surface area contributed by atoms with Crippen LogP contribution in [0, 0.1) is 5.82 Å². The van der Waals surface area contributed by atoms with Gasteiger partial charge in [-0.3, -0.25) is 4.90 Å². The number of hydrogen-bond donors (Lipinski definition) is 2. The second kappa shape index (κ2) is 8.92. The molecule has 5 nitrogen and oxygen atoms in total. The highest BCUT2D eigenvalue weighted by atomic mass is 35.5. The number of urea groups is 1. The Bertz CT molecular complexity index is 462. The number of piperazine rings is 1. The lowest BCUT2D eigenvalue weighted by Gasteiger charge is -2.35. The monoisotopic (exact) mass is 331 g/mol. The lowest BCUT2D eigenvalue weighted by molar-refractivity contribution is 0.0897. The van der Waals surface area contributed by atoms with Crippen molar-refractivity contribution < 1.29 is 14.3 Å². The standard InChI is InChI=1S/C15H22FN3O2.ClH/c1-12(20)11-18-6-8-19(9-7-18)15(21)17-10-13-2-4-14(16)5-3-13;/h2-5,12,20H,6-11H2,1H3,(H,17,21);1H. The van der Waals surface area contributed by atoms with Gasteiger partial charge in [0.15, 0.2) is 0 Å². The van der Waals surface area contributed by atoms with Gasteiger partial charge < -0.3 is 15.3 Å². The van der Waals surface area contributed by atoms with Crippen LogP contribution in [0.4, 0.5) is 9.18 Å². The first-order chi connectivity index (χ1) is 10.0. The van der Waals surface area contributed by atoms with Crippen LogP contribution in [0.5, 0.6) is 0 Å². The van der Waals surface area contributed by atoms with Gasteiger partial charge in [0.25, 0.3) is 0 Å². The van der Waals surface area contributed by atoms with Crippen molar-refractivity contribution in [2.75, 3.05) is 32.7 Å². The molecule has 1 aromatic rings. The minimum Gasteiger partial charge on any atom is -0.392 e. The van der Waals surface area contributed by atoms with Crippen LogP contribution >= 0.6 is 12.4 Å². The van der Waals surface area contributed by atoms with Gasteiger partial charge in [-0.05, 0) is 24.6 Å². The van der Waals surface area contributed by atoms with Crippen molar-refractivity contribution in [1.82, 2.24) is 15.1 Å². The van der Waals surface area contributed by atoms with Crippen molar-refractivity contribution >= 4 is 18.4 Å². The van der Waals surface area contributed by atoms with Crippen molar-refractivity contribution in [1.29, 1.82) is 0 Å². The molecule has 22 heavy (non-hydrogen) atoms. The van der Waals surface area contributed by atoms with E-state index in [1.807, 2.05) is 0 Å². The number of benzene rings is 1. The van der Waals surface area contributed by atoms with Crippen LogP contribution in [0.3, 0.4) is 0 Å². The molecule has 0 aliphatic carbocycles. The fourth-order valence-corrected chi connectivity index (χ4v) is 2.40. The number of carbonyl (C=O) groups is 1. The van der Waals surface area contributed by atoms with Gasteiger partial charge >= 0.3 is 6.03 Å². The number of nitrogens with one attached hydrogen (secondary N) is 1. The zero-order valence-corrected chi connectivity index (χ0v) is 13.5. The quantitative estimate of drug-likeness (QED) is 0.878. The molecule has 124 valence electrons. The van der Waals surface area contributed by atoms with E-state index in [1.165, 1.54) is 12.1 Å². The molecule has 1 aliphatic rings. The minimum atomic E-state index is -0.344. The van der Waals surface area contributed by atoms with Crippen LogP contribution in [0.25, 0.3) is 0 Å². The van der Waals surface area contributed by atoms with Gasteiger partial charge in [-0.2, -0.15) is 0 Å². The van der Waals surface area contributed by atoms with Gasteiger partial charge in [0.2, 0.25) is 0 Å². The molecule has 1 aromatic carbocycles. The average molecular weight is 332 g/mol. The molecule has 1 saturated heterocycles. The van der Waals surface area contributed by atoms with Crippen molar-refractivity contribution in [3.63, 3.8) is 0 Å². The predicted octanol–water partition coefficient (Wildman–Crippen LogP) is 1.46. The normalized spacial score (nSPS) is 16.8. The van der Waals surface area contributed by atoms with Gasteiger partial charge in [-0.15, -0.1) is 12.4 Å². The Kier molecular flexibility index (Phi) is 7.58. The molecule has 0 bridgehead atoms. The third-order valence-electron chi connectivity index (χ3n) is 3.54. The first kappa shape index (κ1) is 18.7. The average Bonchev–Trinajstić information content (AvgIpc) is 2.46. The molecule has 1 atom stereocenters. The Balaban J connectivity index is 0.00000242. The number of aliphatic hydroxyl groups excluding tert-OH is 1. The Morgan fingerprint density at radius 2 is 1.86 bits per heavy atom. The van der Waals surface area contributed by atoms with Gasteiger partial charge in [0.1, 0.15) is 5.82 Å². The number of β-amino-alcohol motifs (C(OH)–C–C–N with tert-alkyl or cyclic N) is 1. The number of nitrogens with zero attached hydrogens (tertiary/aromatic N) is 2. The van der Waals surface area contributed by atoms with Crippen molar-refractivity contribution in [3.05, 3.63) is 35.6 Å². The molecule has 2 amide bonds. The summed E-state index contributed by atoms with van der Waals surface area (Å²) in [6.45, 7) is 5.66. The highest BCUT2D eigenvalue weighted by Gasteiger charge is 2.21. The third kappa shape index (κ3) is 5.79. The Hall–Kier alpha value is -1.37.